The summed E-state index contributed by atoms with van der Waals surface area (Å²) in [6.45, 7) is 4.26. The van der Waals surface area contributed by atoms with Crippen molar-refractivity contribution in [3.05, 3.63) is 120 Å². The van der Waals surface area contributed by atoms with Gasteiger partial charge in [0, 0.05) is 17.2 Å². The third-order valence-electron chi connectivity index (χ3n) is 7.06. The number of carbonyl (C=O) groups excluding carboxylic acids is 1. The average Bonchev–Trinajstić information content (AvgIpc) is 3.15. The summed E-state index contributed by atoms with van der Waals surface area (Å²) in [5, 5.41) is 0. The van der Waals surface area contributed by atoms with Crippen LogP contribution in [0.3, 0.4) is 0 Å². The standard InChI is InChI=1S/C31H29NO2/c1-22(24-12-5-3-6-13-24)20-31(21-23(2)30(33)34-25-14-7-4-8-15-25)27-17-10-9-16-26(27)29-28(31)18-11-19-32-29/h3-19,22-23H,20-21H2,1-2H3. The van der Waals surface area contributed by atoms with E-state index >= 15 is 0 Å². The summed E-state index contributed by atoms with van der Waals surface area (Å²) in [6.07, 6.45) is 3.40. The Morgan fingerprint density at radius 3 is 2.21 bits per heavy atom. The molecule has 3 atom stereocenters. The van der Waals surface area contributed by atoms with Crippen LogP contribution in [0, 0.1) is 5.92 Å². The van der Waals surface area contributed by atoms with Crippen LogP contribution < -0.4 is 4.74 Å². The van der Waals surface area contributed by atoms with Crippen LogP contribution in [0.5, 0.6) is 5.75 Å². The van der Waals surface area contributed by atoms with Gasteiger partial charge in [-0.05, 0) is 53.6 Å². The second kappa shape index (κ2) is 9.26. The molecule has 1 heterocycles. The number of hydrogen-bond donors (Lipinski definition) is 0. The van der Waals surface area contributed by atoms with Crippen LogP contribution >= 0.6 is 0 Å². The van der Waals surface area contributed by atoms with E-state index in [1.54, 1.807) is 0 Å². The molecule has 0 saturated heterocycles. The zero-order valence-corrected chi connectivity index (χ0v) is 19.6. The fourth-order valence-corrected chi connectivity index (χ4v) is 5.51. The van der Waals surface area contributed by atoms with Crippen molar-refractivity contribution in [2.75, 3.05) is 0 Å². The van der Waals surface area contributed by atoms with Crippen LogP contribution in [0.4, 0.5) is 0 Å². The molecule has 34 heavy (non-hydrogen) atoms. The Kier molecular flexibility index (Phi) is 6.02. The van der Waals surface area contributed by atoms with Gasteiger partial charge in [0.1, 0.15) is 5.75 Å². The predicted molar refractivity (Wildman–Crippen MR) is 136 cm³/mol. The number of nitrogens with zero attached hydrogens (tertiary/aromatic N) is 1. The monoisotopic (exact) mass is 447 g/mol. The Morgan fingerprint density at radius 1 is 0.794 bits per heavy atom. The van der Waals surface area contributed by atoms with Gasteiger partial charge in [0.05, 0.1) is 11.6 Å². The molecule has 0 saturated carbocycles. The molecule has 1 aromatic heterocycles. The third-order valence-corrected chi connectivity index (χ3v) is 7.06. The summed E-state index contributed by atoms with van der Waals surface area (Å²) in [7, 11) is 0. The minimum atomic E-state index is -0.329. The molecule has 3 nitrogen and oxygen atoms in total. The van der Waals surface area contributed by atoms with E-state index in [1.165, 1.54) is 22.3 Å². The molecule has 0 spiro atoms. The second-order valence-corrected chi connectivity index (χ2v) is 9.38. The molecule has 0 radical (unpaired) electrons. The maximum Gasteiger partial charge on any atom is 0.314 e. The molecule has 4 aromatic rings. The first kappa shape index (κ1) is 22.1. The topological polar surface area (TPSA) is 39.2 Å². The van der Waals surface area contributed by atoms with Crippen LogP contribution in [-0.2, 0) is 10.2 Å². The molecular weight excluding hydrogens is 418 g/mol. The summed E-state index contributed by atoms with van der Waals surface area (Å²) in [5.74, 6) is 0.396. The zero-order chi connectivity index (χ0) is 23.5. The van der Waals surface area contributed by atoms with Crippen LogP contribution in [0.25, 0.3) is 11.3 Å². The summed E-state index contributed by atoms with van der Waals surface area (Å²) in [6, 6.07) is 32.7. The fraction of sp³-hybridized carbons (Fsp3) is 0.226. The van der Waals surface area contributed by atoms with E-state index in [2.05, 4.69) is 67.6 Å². The maximum absolute atomic E-state index is 13.2. The lowest BCUT2D eigenvalue weighted by Gasteiger charge is -2.36. The molecule has 3 aromatic carbocycles. The number of hydrogen-bond acceptors (Lipinski definition) is 3. The van der Waals surface area contributed by atoms with E-state index in [0.717, 1.165) is 12.1 Å². The molecule has 3 heteroatoms. The molecule has 1 aliphatic rings. The molecular formula is C31H29NO2. The maximum atomic E-state index is 13.2. The predicted octanol–water partition coefficient (Wildman–Crippen LogP) is 7.17. The molecule has 3 unspecified atom stereocenters. The molecule has 170 valence electrons. The number of esters is 1. The van der Waals surface area contributed by atoms with Crippen molar-refractivity contribution in [2.24, 2.45) is 5.92 Å². The van der Waals surface area contributed by atoms with Gasteiger partial charge in [-0.3, -0.25) is 9.78 Å². The third kappa shape index (κ3) is 4.03. The van der Waals surface area contributed by atoms with Gasteiger partial charge < -0.3 is 4.74 Å². The van der Waals surface area contributed by atoms with E-state index < -0.39 is 0 Å². The Labute approximate surface area is 201 Å². The number of aromatic nitrogens is 1. The fourth-order valence-electron chi connectivity index (χ4n) is 5.51. The van der Waals surface area contributed by atoms with Crippen LogP contribution in [0.15, 0.2) is 103 Å². The van der Waals surface area contributed by atoms with Crippen LogP contribution in [0.2, 0.25) is 0 Å². The largest absolute Gasteiger partial charge is 0.426 e. The van der Waals surface area contributed by atoms with E-state index in [4.69, 9.17) is 9.72 Å². The molecule has 5 rings (SSSR count). The van der Waals surface area contributed by atoms with Crippen LogP contribution in [-0.4, -0.2) is 11.0 Å². The first-order valence-corrected chi connectivity index (χ1v) is 12.0. The Bertz CT molecular complexity index is 1240. The van der Waals surface area contributed by atoms with E-state index in [-0.39, 0.29) is 17.3 Å². The highest BCUT2D eigenvalue weighted by Crippen LogP contribution is 2.55. The minimum Gasteiger partial charge on any atom is -0.426 e. The molecule has 0 N–H and O–H groups in total. The van der Waals surface area contributed by atoms with Crippen molar-refractivity contribution in [1.29, 1.82) is 0 Å². The lowest BCUT2D eigenvalue weighted by molar-refractivity contribution is -0.139. The van der Waals surface area contributed by atoms with Crippen molar-refractivity contribution >= 4 is 5.97 Å². The number of ether oxygens (including phenoxy) is 1. The lowest BCUT2D eigenvalue weighted by atomic mass is 9.67. The molecule has 0 amide bonds. The Hall–Kier alpha value is -3.72. The quantitative estimate of drug-likeness (QED) is 0.223. The van der Waals surface area contributed by atoms with Gasteiger partial charge in [-0.1, -0.05) is 92.7 Å². The minimum absolute atomic E-state index is 0.201. The summed E-state index contributed by atoms with van der Waals surface area (Å²) in [4.78, 5) is 18.0. The van der Waals surface area contributed by atoms with Crippen molar-refractivity contribution in [3.63, 3.8) is 0 Å². The average molecular weight is 448 g/mol. The highest BCUT2D eigenvalue weighted by Gasteiger charge is 2.46. The van der Waals surface area contributed by atoms with E-state index in [0.29, 0.717) is 18.1 Å². The number of pyridine rings is 1. The molecule has 0 fully saturated rings. The molecule has 0 bridgehead atoms. The zero-order valence-electron chi connectivity index (χ0n) is 19.6. The van der Waals surface area contributed by atoms with Crippen molar-refractivity contribution in [3.8, 4) is 17.0 Å². The van der Waals surface area contributed by atoms with Crippen molar-refractivity contribution < 1.29 is 9.53 Å². The lowest BCUT2D eigenvalue weighted by Crippen LogP contribution is -2.33. The number of rotatable bonds is 7. The van der Waals surface area contributed by atoms with Crippen LogP contribution in [0.1, 0.15) is 49.3 Å². The van der Waals surface area contributed by atoms with Gasteiger partial charge in [0.25, 0.3) is 0 Å². The number of carbonyl (C=O) groups is 1. The van der Waals surface area contributed by atoms with Gasteiger partial charge in [-0.15, -0.1) is 0 Å². The Morgan fingerprint density at radius 2 is 1.44 bits per heavy atom. The first-order valence-electron chi connectivity index (χ1n) is 12.0. The second-order valence-electron chi connectivity index (χ2n) is 9.38. The number of para-hydroxylation sites is 1. The highest BCUT2D eigenvalue weighted by atomic mass is 16.5. The van der Waals surface area contributed by atoms with Gasteiger partial charge in [-0.2, -0.15) is 0 Å². The molecule has 0 aliphatic heterocycles. The summed E-state index contributed by atoms with van der Waals surface area (Å²) >= 11 is 0. The summed E-state index contributed by atoms with van der Waals surface area (Å²) < 4.78 is 5.74. The SMILES string of the molecule is CC(CC1(CC(C)c2ccccc2)c2ccccc2-c2ncccc21)C(=O)Oc1ccccc1. The van der Waals surface area contributed by atoms with Gasteiger partial charge in [-0.25, -0.2) is 0 Å². The first-order chi connectivity index (χ1) is 16.6. The van der Waals surface area contributed by atoms with Crippen molar-refractivity contribution in [1.82, 2.24) is 4.98 Å². The van der Waals surface area contributed by atoms with Gasteiger partial charge in [0.2, 0.25) is 0 Å². The highest BCUT2D eigenvalue weighted by molar-refractivity contribution is 5.80. The van der Waals surface area contributed by atoms with Gasteiger partial charge >= 0.3 is 5.97 Å². The smallest absolute Gasteiger partial charge is 0.314 e. The summed E-state index contributed by atoms with van der Waals surface area (Å²) in [5.41, 5.74) is 5.63. The number of benzene rings is 3. The normalized spacial score (nSPS) is 17.9. The molecule has 1 aliphatic carbocycles. The Balaban J connectivity index is 1.55. The van der Waals surface area contributed by atoms with Crippen molar-refractivity contribution in [2.45, 2.75) is 38.0 Å². The van der Waals surface area contributed by atoms with Gasteiger partial charge in [0.15, 0.2) is 0 Å². The number of fused-ring (bicyclic) bond motifs is 3. The van der Waals surface area contributed by atoms with E-state index in [1.807, 2.05) is 49.5 Å². The van der Waals surface area contributed by atoms with E-state index in [9.17, 15) is 4.79 Å².